The molecular formula is C13H15NOS. The molecule has 0 aliphatic heterocycles. The van der Waals surface area contributed by atoms with Crippen LogP contribution in [0, 0.1) is 6.92 Å². The summed E-state index contributed by atoms with van der Waals surface area (Å²) in [5.41, 5.74) is 2.32. The summed E-state index contributed by atoms with van der Waals surface area (Å²) in [5, 5.41) is 1.09. The largest absolute Gasteiger partial charge is 0.496 e. The zero-order valence-electron chi connectivity index (χ0n) is 9.78. The fraction of sp³-hybridized carbons (Fsp3) is 0.308. The summed E-state index contributed by atoms with van der Waals surface area (Å²) < 4.78 is 5.25. The van der Waals surface area contributed by atoms with Crippen molar-refractivity contribution in [1.29, 1.82) is 0 Å². The standard InChI is InChI=1S/C13H15NOS/c1-4-11-8-14-13(16-11)10-5-6-12(15-3)9(2)7-10/h5-8H,4H2,1-3H3. The monoisotopic (exact) mass is 233 g/mol. The molecule has 2 aromatic rings. The number of aryl methyl sites for hydroxylation is 2. The van der Waals surface area contributed by atoms with Crippen molar-refractivity contribution < 1.29 is 4.74 Å². The molecule has 0 saturated heterocycles. The van der Waals surface area contributed by atoms with Crippen molar-refractivity contribution in [3.05, 3.63) is 34.8 Å². The van der Waals surface area contributed by atoms with Crippen molar-refractivity contribution in [3.63, 3.8) is 0 Å². The van der Waals surface area contributed by atoms with Crippen LogP contribution in [0.2, 0.25) is 0 Å². The SMILES string of the molecule is CCc1cnc(-c2ccc(OC)c(C)c2)s1. The van der Waals surface area contributed by atoms with Gasteiger partial charge in [0.15, 0.2) is 0 Å². The van der Waals surface area contributed by atoms with Crippen molar-refractivity contribution in [2.24, 2.45) is 0 Å². The molecule has 0 aliphatic carbocycles. The quantitative estimate of drug-likeness (QED) is 0.806. The predicted octanol–water partition coefficient (Wildman–Crippen LogP) is 3.69. The third-order valence-electron chi connectivity index (χ3n) is 2.54. The molecule has 1 aromatic carbocycles. The Hall–Kier alpha value is -1.35. The summed E-state index contributed by atoms with van der Waals surface area (Å²) in [7, 11) is 1.70. The molecule has 0 saturated carbocycles. The van der Waals surface area contributed by atoms with Crippen molar-refractivity contribution in [2.75, 3.05) is 7.11 Å². The van der Waals surface area contributed by atoms with Crippen LogP contribution in [0.3, 0.4) is 0 Å². The molecule has 0 aliphatic rings. The highest BCUT2D eigenvalue weighted by atomic mass is 32.1. The first-order valence-electron chi connectivity index (χ1n) is 5.34. The number of rotatable bonds is 3. The van der Waals surface area contributed by atoms with Gasteiger partial charge in [-0.25, -0.2) is 4.98 Å². The summed E-state index contributed by atoms with van der Waals surface area (Å²) >= 11 is 1.76. The Labute approximate surface area is 99.9 Å². The Morgan fingerprint density at radius 1 is 1.38 bits per heavy atom. The summed E-state index contributed by atoms with van der Waals surface area (Å²) in [5.74, 6) is 0.927. The van der Waals surface area contributed by atoms with E-state index in [0.29, 0.717) is 0 Å². The van der Waals surface area contributed by atoms with Crippen LogP contribution < -0.4 is 4.74 Å². The van der Waals surface area contributed by atoms with Gasteiger partial charge in [-0.2, -0.15) is 0 Å². The summed E-state index contributed by atoms with van der Waals surface area (Å²) in [6.45, 7) is 4.20. The molecule has 1 aromatic heterocycles. The van der Waals surface area contributed by atoms with Crippen molar-refractivity contribution >= 4 is 11.3 Å². The molecule has 0 bridgehead atoms. The van der Waals surface area contributed by atoms with Gasteiger partial charge in [-0.15, -0.1) is 11.3 Å². The fourth-order valence-electron chi connectivity index (χ4n) is 1.62. The molecule has 0 N–H and O–H groups in total. The molecule has 3 heteroatoms. The highest BCUT2D eigenvalue weighted by Gasteiger charge is 2.06. The second kappa shape index (κ2) is 4.66. The Morgan fingerprint density at radius 3 is 2.75 bits per heavy atom. The zero-order chi connectivity index (χ0) is 11.5. The van der Waals surface area contributed by atoms with E-state index in [4.69, 9.17) is 4.74 Å². The second-order valence-corrected chi connectivity index (χ2v) is 4.78. The van der Waals surface area contributed by atoms with E-state index >= 15 is 0 Å². The van der Waals surface area contributed by atoms with Crippen LogP contribution in [0.1, 0.15) is 17.4 Å². The fourth-order valence-corrected chi connectivity index (χ4v) is 2.46. The Balaban J connectivity index is 2.37. The van der Waals surface area contributed by atoms with Gasteiger partial charge in [0, 0.05) is 16.6 Å². The van der Waals surface area contributed by atoms with E-state index < -0.39 is 0 Å². The van der Waals surface area contributed by atoms with E-state index in [1.54, 1.807) is 18.4 Å². The van der Waals surface area contributed by atoms with Gasteiger partial charge in [0.05, 0.1) is 7.11 Å². The number of hydrogen-bond donors (Lipinski definition) is 0. The van der Waals surface area contributed by atoms with E-state index in [1.807, 2.05) is 12.3 Å². The topological polar surface area (TPSA) is 22.1 Å². The number of methoxy groups -OCH3 is 1. The summed E-state index contributed by atoms with van der Waals surface area (Å²) in [4.78, 5) is 5.75. The normalized spacial score (nSPS) is 10.4. The van der Waals surface area contributed by atoms with Crippen LogP contribution in [0.5, 0.6) is 5.75 Å². The van der Waals surface area contributed by atoms with Crippen LogP contribution in [0.25, 0.3) is 10.6 Å². The average Bonchev–Trinajstić information content (AvgIpc) is 2.77. The molecule has 0 fully saturated rings. The van der Waals surface area contributed by atoms with Crippen molar-refractivity contribution in [1.82, 2.24) is 4.98 Å². The average molecular weight is 233 g/mol. The molecule has 0 atom stereocenters. The number of nitrogens with zero attached hydrogens (tertiary/aromatic N) is 1. The third-order valence-corrected chi connectivity index (χ3v) is 3.73. The maximum absolute atomic E-state index is 5.25. The minimum Gasteiger partial charge on any atom is -0.496 e. The van der Waals surface area contributed by atoms with Crippen molar-refractivity contribution in [3.8, 4) is 16.3 Å². The van der Waals surface area contributed by atoms with Gasteiger partial charge in [0.25, 0.3) is 0 Å². The first-order chi connectivity index (χ1) is 7.74. The van der Waals surface area contributed by atoms with E-state index in [9.17, 15) is 0 Å². The molecule has 0 amide bonds. The molecule has 0 spiro atoms. The molecule has 2 rings (SSSR count). The molecule has 16 heavy (non-hydrogen) atoms. The van der Waals surface area contributed by atoms with Gasteiger partial charge in [-0.1, -0.05) is 6.92 Å². The number of hydrogen-bond acceptors (Lipinski definition) is 3. The lowest BCUT2D eigenvalue weighted by molar-refractivity contribution is 0.412. The number of thiazole rings is 1. The molecule has 1 heterocycles. The van der Waals surface area contributed by atoms with Crippen LogP contribution in [-0.2, 0) is 6.42 Å². The lowest BCUT2D eigenvalue weighted by atomic mass is 10.1. The van der Waals surface area contributed by atoms with Gasteiger partial charge in [0.1, 0.15) is 10.8 Å². The van der Waals surface area contributed by atoms with E-state index in [0.717, 1.165) is 22.7 Å². The van der Waals surface area contributed by atoms with E-state index in [-0.39, 0.29) is 0 Å². The highest BCUT2D eigenvalue weighted by molar-refractivity contribution is 7.15. The first kappa shape index (κ1) is 11.1. The Morgan fingerprint density at radius 2 is 2.19 bits per heavy atom. The van der Waals surface area contributed by atoms with Crippen LogP contribution in [0.4, 0.5) is 0 Å². The number of aromatic nitrogens is 1. The highest BCUT2D eigenvalue weighted by Crippen LogP contribution is 2.29. The minimum absolute atomic E-state index is 0.927. The first-order valence-corrected chi connectivity index (χ1v) is 6.16. The molecule has 2 nitrogen and oxygen atoms in total. The number of benzene rings is 1. The van der Waals surface area contributed by atoms with E-state index in [1.165, 1.54) is 10.4 Å². The Kier molecular flexibility index (Phi) is 3.25. The zero-order valence-corrected chi connectivity index (χ0v) is 10.6. The molecule has 0 radical (unpaired) electrons. The van der Waals surface area contributed by atoms with Crippen molar-refractivity contribution in [2.45, 2.75) is 20.3 Å². The van der Waals surface area contributed by atoms with Gasteiger partial charge in [-0.05, 0) is 37.1 Å². The van der Waals surface area contributed by atoms with Crippen LogP contribution >= 0.6 is 11.3 Å². The van der Waals surface area contributed by atoms with E-state index in [2.05, 4.69) is 31.0 Å². The van der Waals surface area contributed by atoms with Crippen LogP contribution in [0.15, 0.2) is 24.4 Å². The molecule has 0 unspecified atom stereocenters. The predicted molar refractivity (Wildman–Crippen MR) is 68.2 cm³/mol. The van der Waals surface area contributed by atoms with Gasteiger partial charge < -0.3 is 4.74 Å². The molecule has 84 valence electrons. The van der Waals surface area contributed by atoms with Gasteiger partial charge in [0.2, 0.25) is 0 Å². The number of ether oxygens (including phenoxy) is 1. The summed E-state index contributed by atoms with van der Waals surface area (Å²) in [6.07, 6.45) is 3.01. The lowest BCUT2D eigenvalue weighted by Gasteiger charge is -2.05. The minimum atomic E-state index is 0.927. The third kappa shape index (κ3) is 2.09. The maximum atomic E-state index is 5.25. The Bertz CT molecular complexity index is 490. The smallest absolute Gasteiger partial charge is 0.123 e. The second-order valence-electron chi connectivity index (χ2n) is 3.67. The molecular weight excluding hydrogens is 218 g/mol. The van der Waals surface area contributed by atoms with Crippen LogP contribution in [-0.4, -0.2) is 12.1 Å². The lowest BCUT2D eigenvalue weighted by Crippen LogP contribution is -1.87. The van der Waals surface area contributed by atoms with Gasteiger partial charge in [-0.3, -0.25) is 0 Å². The van der Waals surface area contributed by atoms with Gasteiger partial charge >= 0.3 is 0 Å². The summed E-state index contributed by atoms with van der Waals surface area (Å²) in [6, 6.07) is 6.18. The maximum Gasteiger partial charge on any atom is 0.123 e.